The van der Waals surface area contributed by atoms with Gasteiger partial charge in [-0.2, -0.15) is 0 Å². The van der Waals surface area contributed by atoms with E-state index < -0.39 is 36.3 Å². The molecule has 1 atom stereocenters. The Kier molecular flexibility index (Phi) is 5.03. The molecule has 1 heterocycles. The van der Waals surface area contributed by atoms with Gasteiger partial charge < -0.3 is 10.1 Å². The van der Waals surface area contributed by atoms with Crippen molar-refractivity contribution in [1.82, 2.24) is 4.90 Å². The van der Waals surface area contributed by atoms with Crippen LogP contribution in [0.1, 0.15) is 33.2 Å². The van der Waals surface area contributed by atoms with Gasteiger partial charge in [-0.3, -0.25) is 19.3 Å². The molecule has 138 valence electrons. The van der Waals surface area contributed by atoms with Crippen LogP contribution in [0.15, 0.2) is 48.5 Å². The van der Waals surface area contributed by atoms with E-state index in [9.17, 15) is 19.2 Å². The highest BCUT2D eigenvalue weighted by atomic mass is 16.5. The van der Waals surface area contributed by atoms with Crippen molar-refractivity contribution in [2.75, 3.05) is 11.9 Å². The second kappa shape index (κ2) is 7.41. The predicted octanol–water partition coefficient (Wildman–Crippen LogP) is 2.16. The summed E-state index contributed by atoms with van der Waals surface area (Å²) in [5.74, 6) is -2.45. The molecule has 0 spiro atoms. The number of benzene rings is 2. The van der Waals surface area contributed by atoms with Crippen molar-refractivity contribution in [3.8, 4) is 0 Å². The van der Waals surface area contributed by atoms with Gasteiger partial charge in [-0.15, -0.1) is 0 Å². The summed E-state index contributed by atoms with van der Waals surface area (Å²) in [6.07, 6.45) is 0. The molecule has 2 aromatic carbocycles. The number of anilines is 1. The van der Waals surface area contributed by atoms with E-state index in [4.69, 9.17) is 4.74 Å². The van der Waals surface area contributed by atoms with Crippen LogP contribution >= 0.6 is 0 Å². The molecule has 0 fully saturated rings. The third-order valence-electron chi connectivity index (χ3n) is 4.23. The number of nitrogens with zero attached hydrogens (tertiary/aromatic N) is 1. The molecule has 7 nitrogen and oxygen atoms in total. The van der Waals surface area contributed by atoms with E-state index in [1.54, 1.807) is 24.3 Å². The third kappa shape index (κ3) is 3.72. The molecule has 0 radical (unpaired) electrons. The van der Waals surface area contributed by atoms with Gasteiger partial charge in [0.05, 0.1) is 11.1 Å². The smallest absolute Gasteiger partial charge is 0.329 e. The number of rotatable bonds is 5. The Hall–Kier alpha value is -3.48. The number of carbonyl (C=O) groups excluding carboxylic acids is 4. The van der Waals surface area contributed by atoms with Gasteiger partial charge in [0.2, 0.25) is 0 Å². The number of amides is 3. The molecule has 2 aromatic rings. The van der Waals surface area contributed by atoms with Gasteiger partial charge in [-0.25, -0.2) is 4.79 Å². The van der Waals surface area contributed by atoms with Gasteiger partial charge in [-0.1, -0.05) is 29.8 Å². The second-order valence-corrected chi connectivity index (χ2v) is 6.22. The monoisotopic (exact) mass is 366 g/mol. The minimum Gasteiger partial charge on any atom is -0.454 e. The van der Waals surface area contributed by atoms with E-state index in [1.165, 1.54) is 19.1 Å². The van der Waals surface area contributed by atoms with E-state index in [-0.39, 0.29) is 11.1 Å². The molecule has 0 aromatic heterocycles. The van der Waals surface area contributed by atoms with Crippen LogP contribution in [0, 0.1) is 6.92 Å². The van der Waals surface area contributed by atoms with Crippen molar-refractivity contribution < 1.29 is 23.9 Å². The molecule has 0 unspecified atom stereocenters. The third-order valence-corrected chi connectivity index (χ3v) is 4.23. The first-order valence-corrected chi connectivity index (χ1v) is 8.38. The molecule has 7 heteroatoms. The number of nitrogens with one attached hydrogen (secondary N) is 1. The van der Waals surface area contributed by atoms with Crippen molar-refractivity contribution in [2.45, 2.75) is 19.9 Å². The lowest BCUT2D eigenvalue weighted by molar-refractivity contribution is -0.150. The van der Waals surface area contributed by atoms with Crippen LogP contribution in [0.25, 0.3) is 0 Å². The lowest BCUT2D eigenvalue weighted by Gasteiger charge is -2.20. The van der Waals surface area contributed by atoms with Crippen LogP contribution < -0.4 is 5.32 Å². The molecule has 1 aliphatic rings. The minimum absolute atomic E-state index is 0.249. The number of fused-ring (bicyclic) bond motifs is 1. The highest BCUT2D eigenvalue weighted by Crippen LogP contribution is 2.24. The normalized spacial score (nSPS) is 13.9. The van der Waals surface area contributed by atoms with Crippen molar-refractivity contribution >= 4 is 29.4 Å². The predicted molar refractivity (Wildman–Crippen MR) is 97.2 cm³/mol. The van der Waals surface area contributed by atoms with Crippen LogP contribution in [-0.2, 0) is 14.3 Å². The molecule has 3 rings (SSSR count). The largest absolute Gasteiger partial charge is 0.454 e. The molecule has 0 bridgehead atoms. The number of hydrogen-bond donors (Lipinski definition) is 1. The van der Waals surface area contributed by atoms with E-state index in [2.05, 4.69) is 5.32 Å². The summed E-state index contributed by atoms with van der Waals surface area (Å²) in [5, 5.41) is 2.60. The van der Waals surface area contributed by atoms with Crippen LogP contribution in [0.4, 0.5) is 5.69 Å². The Morgan fingerprint density at radius 3 is 2.11 bits per heavy atom. The summed E-state index contributed by atoms with van der Waals surface area (Å²) < 4.78 is 4.97. The molecule has 0 aliphatic carbocycles. The first kappa shape index (κ1) is 18.3. The molecule has 3 amide bonds. The standard InChI is InChI=1S/C20H18N2O5/c1-12-7-9-14(10-8-12)21-17(23)11-27-20(26)13(2)22-18(24)15-5-3-4-6-16(15)19(22)25/h3-10,13H,11H2,1-2H3,(H,21,23)/t13-/m0/s1. The summed E-state index contributed by atoms with van der Waals surface area (Å²) in [7, 11) is 0. The highest BCUT2D eigenvalue weighted by molar-refractivity contribution is 6.22. The van der Waals surface area contributed by atoms with Gasteiger partial charge >= 0.3 is 5.97 Å². The number of hydrogen-bond acceptors (Lipinski definition) is 5. The van der Waals surface area contributed by atoms with Gasteiger partial charge in [0.1, 0.15) is 6.04 Å². The molecule has 1 N–H and O–H groups in total. The van der Waals surface area contributed by atoms with Gasteiger partial charge in [0, 0.05) is 5.69 Å². The minimum atomic E-state index is -1.13. The Morgan fingerprint density at radius 1 is 1.00 bits per heavy atom. The topological polar surface area (TPSA) is 92.8 Å². The average molecular weight is 366 g/mol. The fourth-order valence-electron chi connectivity index (χ4n) is 2.76. The van der Waals surface area contributed by atoms with Gasteiger partial charge in [0.25, 0.3) is 17.7 Å². The average Bonchev–Trinajstić information content (AvgIpc) is 2.92. The zero-order chi connectivity index (χ0) is 19.6. The van der Waals surface area contributed by atoms with Crippen molar-refractivity contribution in [2.24, 2.45) is 0 Å². The van der Waals surface area contributed by atoms with E-state index >= 15 is 0 Å². The van der Waals surface area contributed by atoms with E-state index in [0.29, 0.717) is 5.69 Å². The van der Waals surface area contributed by atoms with Crippen molar-refractivity contribution in [1.29, 1.82) is 0 Å². The van der Waals surface area contributed by atoms with E-state index in [1.807, 2.05) is 19.1 Å². The van der Waals surface area contributed by atoms with E-state index in [0.717, 1.165) is 10.5 Å². The summed E-state index contributed by atoms with van der Waals surface area (Å²) in [5.41, 5.74) is 2.13. The quantitative estimate of drug-likeness (QED) is 0.647. The van der Waals surface area contributed by atoms with Crippen molar-refractivity contribution in [3.05, 3.63) is 65.2 Å². The van der Waals surface area contributed by atoms with Gasteiger partial charge in [0.15, 0.2) is 6.61 Å². The molecule has 1 aliphatic heterocycles. The Bertz CT molecular complexity index is 885. The summed E-state index contributed by atoms with van der Waals surface area (Å²) in [6.45, 7) is 2.80. The highest BCUT2D eigenvalue weighted by Gasteiger charge is 2.41. The fourth-order valence-corrected chi connectivity index (χ4v) is 2.76. The maximum Gasteiger partial charge on any atom is 0.329 e. The Balaban J connectivity index is 1.58. The maximum atomic E-state index is 12.4. The maximum absolute atomic E-state index is 12.4. The Morgan fingerprint density at radius 2 is 1.56 bits per heavy atom. The number of aryl methyl sites for hydroxylation is 1. The second-order valence-electron chi connectivity index (χ2n) is 6.22. The molecule has 0 saturated heterocycles. The number of ether oxygens (including phenoxy) is 1. The first-order chi connectivity index (χ1) is 12.9. The SMILES string of the molecule is Cc1ccc(NC(=O)COC(=O)[C@H](C)N2C(=O)c3ccccc3C2=O)cc1. The van der Waals surface area contributed by atoms with Crippen molar-refractivity contribution in [3.63, 3.8) is 0 Å². The molecular formula is C20H18N2O5. The summed E-state index contributed by atoms with van der Waals surface area (Å²) in [6, 6.07) is 12.4. The van der Waals surface area contributed by atoms with Crippen LogP contribution in [0.3, 0.4) is 0 Å². The first-order valence-electron chi connectivity index (χ1n) is 8.38. The number of imide groups is 1. The molecule has 27 heavy (non-hydrogen) atoms. The Labute approximate surface area is 155 Å². The molecule has 0 saturated carbocycles. The molecular weight excluding hydrogens is 348 g/mol. The van der Waals surface area contributed by atoms with Crippen LogP contribution in [0.5, 0.6) is 0 Å². The zero-order valence-corrected chi connectivity index (χ0v) is 14.9. The zero-order valence-electron chi connectivity index (χ0n) is 14.9. The number of carbonyl (C=O) groups is 4. The van der Waals surface area contributed by atoms with Crippen LogP contribution in [0.2, 0.25) is 0 Å². The van der Waals surface area contributed by atoms with Crippen LogP contribution in [-0.4, -0.2) is 41.2 Å². The number of esters is 1. The van der Waals surface area contributed by atoms with Gasteiger partial charge in [-0.05, 0) is 38.1 Å². The lowest BCUT2D eigenvalue weighted by atomic mass is 10.1. The fraction of sp³-hybridized carbons (Fsp3) is 0.200. The lowest BCUT2D eigenvalue weighted by Crippen LogP contribution is -2.44. The summed E-state index contributed by atoms with van der Waals surface area (Å²) in [4.78, 5) is 49.8. The summed E-state index contributed by atoms with van der Waals surface area (Å²) >= 11 is 0.